The van der Waals surface area contributed by atoms with Gasteiger partial charge in [-0.05, 0) is 42.3 Å². The van der Waals surface area contributed by atoms with Crippen molar-refractivity contribution >= 4 is 5.97 Å². The zero-order valence-electron chi connectivity index (χ0n) is 16.0. The Labute approximate surface area is 167 Å². The Morgan fingerprint density at radius 2 is 1.79 bits per heavy atom. The number of rotatable bonds is 6. The van der Waals surface area contributed by atoms with Gasteiger partial charge in [0.15, 0.2) is 11.5 Å². The largest absolute Gasteiger partial charge is 0.497 e. The first-order chi connectivity index (χ1) is 14.1. The summed E-state index contributed by atoms with van der Waals surface area (Å²) in [6.07, 6.45) is 0.626. The van der Waals surface area contributed by atoms with Gasteiger partial charge in [0.1, 0.15) is 17.1 Å². The Balaban J connectivity index is 1.81. The van der Waals surface area contributed by atoms with E-state index in [1.165, 1.54) is 0 Å². The molecule has 4 rings (SSSR count). The van der Waals surface area contributed by atoms with Gasteiger partial charge in [-0.25, -0.2) is 9.78 Å². The summed E-state index contributed by atoms with van der Waals surface area (Å²) >= 11 is 0. The number of hydrogen-bond acceptors (Lipinski definition) is 6. The van der Waals surface area contributed by atoms with Crippen LogP contribution in [0.2, 0.25) is 0 Å². The Morgan fingerprint density at radius 3 is 2.48 bits per heavy atom. The summed E-state index contributed by atoms with van der Waals surface area (Å²) in [4.78, 5) is 16.5. The highest BCUT2D eigenvalue weighted by atomic mass is 16.7. The second kappa shape index (κ2) is 7.71. The van der Waals surface area contributed by atoms with Gasteiger partial charge in [-0.15, -0.1) is 0 Å². The topological polar surface area (TPSA) is 87.1 Å². The molecule has 3 aromatic rings. The van der Waals surface area contributed by atoms with Crippen LogP contribution in [0.5, 0.6) is 28.9 Å². The quantitative estimate of drug-likeness (QED) is 0.658. The number of carbonyl (C=O) groups is 1. The van der Waals surface area contributed by atoms with Gasteiger partial charge in [0.2, 0.25) is 12.7 Å². The fourth-order valence-electron chi connectivity index (χ4n) is 3.08. The molecule has 1 aliphatic rings. The lowest BCUT2D eigenvalue weighted by Gasteiger charge is -2.14. The monoisotopic (exact) mass is 393 g/mol. The van der Waals surface area contributed by atoms with E-state index < -0.39 is 5.97 Å². The Morgan fingerprint density at radius 1 is 1.07 bits per heavy atom. The summed E-state index contributed by atoms with van der Waals surface area (Å²) in [6, 6.07) is 14.0. The molecule has 0 bridgehead atoms. The maximum Gasteiger partial charge on any atom is 0.341 e. The summed E-state index contributed by atoms with van der Waals surface area (Å²) in [5.74, 6) is 1.17. The SMILES string of the molecule is CCc1cc(-c2ccc(OC)cc2)c(C(=O)O)c(Oc2ccc3c(c2)OCO3)n1. The molecule has 7 nitrogen and oxygen atoms in total. The Hall–Kier alpha value is -3.74. The molecule has 1 aliphatic heterocycles. The van der Waals surface area contributed by atoms with Crippen LogP contribution in [0, 0.1) is 0 Å². The molecule has 0 spiro atoms. The van der Waals surface area contributed by atoms with Gasteiger partial charge in [0.05, 0.1) is 7.11 Å². The average Bonchev–Trinajstić information content (AvgIpc) is 3.21. The number of methoxy groups -OCH3 is 1. The molecule has 0 aliphatic carbocycles. The Kier molecular flexibility index (Phi) is 4.95. The fourth-order valence-corrected chi connectivity index (χ4v) is 3.08. The van der Waals surface area contributed by atoms with E-state index in [0.29, 0.717) is 35.0 Å². The minimum absolute atomic E-state index is 0.00923. The number of benzene rings is 2. The molecule has 29 heavy (non-hydrogen) atoms. The van der Waals surface area contributed by atoms with Crippen molar-refractivity contribution in [3.05, 3.63) is 59.8 Å². The fraction of sp³-hybridized carbons (Fsp3) is 0.182. The number of aromatic nitrogens is 1. The predicted molar refractivity (Wildman–Crippen MR) is 105 cm³/mol. The zero-order valence-corrected chi connectivity index (χ0v) is 16.0. The third-order valence-electron chi connectivity index (χ3n) is 4.57. The average molecular weight is 393 g/mol. The number of fused-ring (bicyclic) bond motifs is 1. The van der Waals surface area contributed by atoms with Crippen LogP contribution in [0.15, 0.2) is 48.5 Å². The van der Waals surface area contributed by atoms with Crippen LogP contribution in [0.1, 0.15) is 23.0 Å². The van der Waals surface area contributed by atoms with E-state index in [2.05, 4.69) is 4.98 Å². The maximum absolute atomic E-state index is 12.1. The normalized spacial score (nSPS) is 11.9. The van der Waals surface area contributed by atoms with E-state index in [1.807, 2.05) is 19.1 Å². The van der Waals surface area contributed by atoms with Crippen molar-refractivity contribution in [1.29, 1.82) is 0 Å². The Bertz CT molecular complexity index is 1060. The van der Waals surface area contributed by atoms with E-state index in [9.17, 15) is 9.90 Å². The van der Waals surface area contributed by atoms with Gasteiger partial charge < -0.3 is 24.1 Å². The number of ether oxygens (including phenoxy) is 4. The number of carboxylic acid groups (broad SMARTS) is 1. The first-order valence-corrected chi connectivity index (χ1v) is 9.08. The van der Waals surface area contributed by atoms with Crippen molar-refractivity contribution in [3.8, 4) is 40.0 Å². The predicted octanol–water partition coefficient (Wildman–Crippen LogP) is 4.54. The molecule has 0 amide bonds. The molecule has 0 saturated heterocycles. The van der Waals surface area contributed by atoms with Crippen LogP contribution in [-0.4, -0.2) is 30.0 Å². The van der Waals surface area contributed by atoms with Crippen LogP contribution in [0.4, 0.5) is 0 Å². The standard InChI is InChI=1S/C22H19NO6/c1-3-14-10-17(13-4-6-15(26-2)7-5-13)20(22(24)25)21(23-14)29-16-8-9-18-19(11-16)28-12-27-18/h4-11H,3,12H2,1-2H3,(H,24,25). The van der Waals surface area contributed by atoms with Gasteiger partial charge in [0.25, 0.3) is 0 Å². The molecule has 148 valence electrons. The summed E-state index contributed by atoms with van der Waals surface area (Å²) in [5, 5.41) is 9.92. The third kappa shape index (κ3) is 3.67. The number of aryl methyl sites for hydroxylation is 1. The molecule has 0 atom stereocenters. The lowest BCUT2D eigenvalue weighted by molar-refractivity contribution is 0.0694. The van der Waals surface area contributed by atoms with Gasteiger partial charge in [-0.1, -0.05) is 19.1 Å². The van der Waals surface area contributed by atoms with Crippen molar-refractivity contribution in [1.82, 2.24) is 4.98 Å². The van der Waals surface area contributed by atoms with E-state index in [4.69, 9.17) is 18.9 Å². The van der Waals surface area contributed by atoms with Crippen molar-refractivity contribution in [2.45, 2.75) is 13.3 Å². The number of aromatic carboxylic acids is 1. The molecule has 1 aromatic heterocycles. The van der Waals surface area contributed by atoms with Gasteiger partial charge in [0, 0.05) is 17.3 Å². The molecular formula is C22H19NO6. The molecular weight excluding hydrogens is 374 g/mol. The molecule has 2 aromatic carbocycles. The highest BCUT2D eigenvalue weighted by molar-refractivity contribution is 5.98. The first kappa shape index (κ1) is 18.6. The van der Waals surface area contributed by atoms with Crippen LogP contribution in [0.3, 0.4) is 0 Å². The van der Waals surface area contributed by atoms with Crippen LogP contribution in [0.25, 0.3) is 11.1 Å². The molecule has 0 fully saturated rings. The summed E-state index contributed by atoms with van der Waals surface area (Å²) < 4.78 is 21.7. The van der Waals surface area contributed by atoms with Crippen LogP contribution in [-0.2, 0) is 6.42 Å². The van der Waals surface area contributed by atoms with Crippen molar-refractivity contribution in [2.24, 2.45) is 0 Å². The number of nitrogens with zero attached hydrogens (tertiary/aromatic N) is 1. The minimum Gasteiger partial charge on any atom is -0.497 e. The van der Waals surface area contributed by atoms with Crippen molar-refractivity contribution < 1.29 is 28.8 Å². The lowest BCUT2D eigenvalue weighted by atomic mass is 9.99. The minimum atomic E-state index is -1.12. The van der Waals surface area contributed by atoms with Crippen LogP contribution >= 0.6 is 0 Å². The van der Waals surface area contributed by atoms with Crippen molar-refractivity contribution in [3.63, 3.8) is 0 Å². The van der Waals surface area contributed by atoms with E-state index >= 15 is 0 Å². The van der Waals surface area contributed by atoms with Crippen molar-refractivity contribution in [2.75, 3.05) is 13.9 Å². The van der Waals surface area contributed by atoms with Gasteiger partial charge in [-0.2, -0.15) is 0 Å². The van der Waals surface area contributed by atoms with E-state index in [1.54, 1.807) is 43.5 Å². The molecule has 2 heterocycles. The van der Waals surface area contributed by atoms with E-state index in [0.717, 1.165) is 11.3 Å². The smallest absolute Gasteiger partial charge is 0.341 e. The van der Waals surface area contributed by atoms with E-state index in [-0.39, 0.29) is 18.2 Å². The maximum atomic E-state index is 12.1. The molecule has 0 unspecified atom stereocenters. The van der Waals surface area contributed by atoms with Gasteiger partial charge >= 0.3 is 5.97 Å². The lowest BCUT2D eigenvalue weighted by Crippen LogP contribution is -2.07. The van der Waals surface area contributed by atoms with Crippen LogP contribution < -0.4 is 18.9 Å². The molecule has 0 saturated carbocycles. The second-order valence-corrected chi connectivity index (χ2v) is 6.35. The summed E-state index contributed by atoms with van der Waals surface area (Å²) in [5.41, 5.74) is 1.97. The summed E-state index contributed by atoms with van der Waals surface area (Å²) in [7, 11) is 1.58. The zero-order chi connectivity index (χ0) is 20.4. The molecule has 7 heteroatoms. The second-order valence-electron chi connectivity index (χ2n) is 6.35. The highest BCUT2D eigenvalue weighted by Gasteiger charge is 2.23. The van der Waals surface area contributed by atoms with Gasteiger partial charge in [-0.3, -0.25) is 0 Å². The first-order valence-electron chi connectivity index (χ1n) is 9.08. The summed E-state index contributed by atoms with van der Waals surface area (Å²) in [6.45, 7) is 2.09. The number of hydrogen-bond donors (Lipinski definition) is 1. The molecule has 1 N–H and O–H groups in total. The molecule has 0 radical (unpaired) electrons. The number of carboxylic acids is 1. The number of pyridine rings is 1. The third-order valence-corrected chi connectivity index (χ3v) is 4.57. The highest BCUT2D eigenvalue weighted by Crippen LogP contribution is 2.38.